The molecule has 1 heterocycles. The Morgan fingerprint density at radius 2 is 1.82 bits per heavy atom. The van der Waals surface area contributed by atoms with Crippen LogP contribution in [0.4, 0.5) is 8.78 Å². The smallest absolute Gasteiger partial charge is 0.169 e. The third kappa shape index (κ3) is 3.94. The summed E-state index contributed by atoms with van der Waals surface area (Å²) in [6, 6.07) is 2.60. The maximum atomic E-state index is 14.1. The van der Waals surface area contributed by atoms with E-state index in [-0.39, 0.29) is 40.3 Å². The Bertz CT molecular complexity index is 1210. The molecule has 7 heteroatoms. The van der Waals surface area contributed by atoms with Crippen molar-refractivity contribution in [1.82, 2.24) is 9.97 Å². The molecular weight excluding hydrogens is 486 g/mol. The van der Waals surface area contributed by atoms with Gasteiger partial charge < -0.3 is 15.3 Å². The fourth-order valence-corrected chi connectivity index (χ4v) is 9.89. The minimum atomic E-state index is -0.911. The van der Waals surface area contributed by atoms with Gasteiger partial charge in [-0.15, -0.1) is 0 Å². The minimum Gasteiger partial charge on any atom is -0.393 e. The number of benzene rings is 1. The van der Waals surface area contributed by atoms with Crippen LogP contribution >= 0.6 is 0 Å². The van der Waals surface area contributed by atoms with E-state index in [4.69, 9.17) is 0 Å². The van der Waals surface area contributed by atoms with E-state index in [1.807, 2.05) is 0 Å². The number of halogens is 2. The number of aryl methyl sites for hydroxylation is 1. The largest absolute Gasteiger partial charge is 0.393 e. The molecule has 4 aliphatic carbocycles. The summed E-state index contributed by atoms with van der Waals surface area (Å²) in [5, 5.41) is 33.7. The number of fused-ring (bicyclic) bond motifs is 6. The van der Waals surface area contributed by atoms with Gasteiger partial charge >= 0.3 is 0 Å². The first-order valence-electron chi connectivity index (χ1n) is 14.7. The SMILES string of the molecule is C[C@H](CCc1ncc2c(F)c(F)ccc2n1)[C@H]1CC[C@H]2[C@H]3C(C[C@H](O)[C@]12C)[C@@]1(C)CC[C@@H](O)C[C@H]1C[C@H]3O. The van der Waals surface area contributed by atoms with Gasteiger partial charge in [-0.2, -0.15) is 0 Å². The second-order valence-electron chi connectivity index (χ2n) is 13.6. The first-order chi connectivity index (χ1) is 18.0. The van der Waals surface area contributed by atoms with Crippen molar-refractivity contribution in [2.75, 3.05) is 0 Å². The molecule has 0 spiro atoms. The molecule has 4 aliphatic rings. The first-order valence-corrected chi connectivity index (χ1v) is 14.7. The van der Waals surface area contributed by atoms with Gasteiger partial charge in [0, 0.05) is 12.6 Å². The van der Waals surface area contributed by atoms with Crippen molar-refractivity contribution in [3.63, 3.8) is 0 Å². The van der Waals surface area contributed by atoms with Crippen LogP contribution in [0.3, 0.4) is 0 Å². The molecule has 6 rings (SSSR count). The lowest BCUT2D eigenvalue weighted by atomic mass is 9.43. The van der Waals surface area contributed by atoms with Gasteiger partial charge in [-0.3, -0.25) is 0 Å². The molecule has 1 aromatic carbocycles. The van der Waals surface area contributed by atoms with Crippen molar-refractivity contribution in [2.24, 2.45) is 46.3 Å². The fourth-order valence-electron chi connectivity index (χ4n) is 9.89. The lowest BCUT2D eigenvalue weighted by molar-refractivity contribution is -0.207. The van der Waals surface area contributed by atoms with Gasteiger partial charge in [0.15, 0.2) is 11.6 Å². The predicted octanol–water partition coefficient (Wildman–Crippen LogP) is 5.44. The summed E-state index contributed by atoms with van der Waals surface area (Å²) in [5.41, 5.74) is 0.242. The van der Waals surface area contributed by atoms with Crippen molar-refractivity contribution < 1.29 is 24.1 Å². The number of nitrogens with zero attached hydrogens (tertiary/aromatic N) is 2. The Kier molecular flexibility index (Phi) is 6.59. The molecule has 1 aromatic heterocycles. The number of aliphatic hydroxyl groups excluding tert-OH is 3. The maximum Gasteiger partial charge on any atom is 0.169 e. The molecule has 11 atom stereocenters. The van der Waals surface area contributed by atoms with Crippen LogP contribution in [0.1, 0.15) is 78.0 Å². The summed E-state index contributed by atoms with van der Waals surface area (Å²) in [4.78, 5) is 8.80. The van der Waals surface area contributed by atoms with Crippen LogP contribution in [0.15, 0.2) is 18.3 Å². The number of aliphatic hydroxyl groups is 3. The molecule has 4 fully saturated rings. The molecular formula is C31H42F2N2O3. The molecule has 0 bridgehead atoms. The second kappa shape index (κ2) is 9.45. The van der Waals surface area contributed by atoms with Crippen LogP contribution in [0, 0.1) is 58.0 Å². The van der Waals surface area contributed by atoms with Gasteiger partial charge in [0.1, 0.15) is 5.82 Å². The summed E-state index contributed by atoms with van der Waals surface area (Å²) in [5.74, 6) is 0.592. The van der Waals surface area contributed by atoms with Gasteiger partial charge in [0.05, 0.1) is 29.2 Å². The van der Waals surface area contributed by atoms with Crippen LogP contribution < -0.4 is 0 Å². The van der Waals surface area contributed by atoms with Crippen LogP contribution in [0.5, 0.6) is 0 Å². The molecule has 0 saturated heterocycles. The lowest BCUT2D eigenvalue weighted by Gasteiger charge is -2.63. The Balaban J connectivity index is 1.20. The highest BCUT2D eigenvalue weighted by Crippen LogP contribution is 2.68. The maximum absolute atomic E-state index is 14.1. The molecule has 5 nitrogen and oxygen atoms in total. The van der Waals surface area contributed by atoms with Gasteiger partial charge in [0.2, 0.25) is 0 Å². The molecule has 3 N–H and O–H groups in total. The van der Waals surface area contributed by atoms with E-state index in [0.717, 1.165) is 57.4 Å². The summed E-state index contributed by atoms with van der Waals surface area (Å²) in [7, 11) is 0. The summed E-state index contributed by atoms with van der Waals surface area (Å²) in [6.07, 6.45) is 7.96. The fraction of sp³-hybridized carbons (Fsp3) is 0.742. The third-order valence-corrected chi connectivity index (χ3v) is 12.0. The quantitative estimate of drug-likeness (QED) is 0.492. The van der Waals surface area contributed by atoms with E-state index in [9.17, 15) is 24.1 Å². The number of rotatable bonds is 4. The van der Waals surface area contributed by atoms with Crippen LogP contribution in [-0.2, 0) is 6.42 Å². The standard InChI is InChI=1S/C31H42F2N2O3/c1-16(4-9-27-34-15-19-24(35-27)8-7-23(32)29(19)33)20-5-6-21-28-22(14-26(38)31(20,21)3)30(2)11-10-18(36)12-17(30)13-25(28)37/h7-8,15-18,20-22,25-26,28,36-38H,4-6,9-14H2,1-3H3/t16-,17+,18-,20-,21+,22?,25-,26+,28+,30+,31-/m1/s1. The molecule has 4 saturated carbocycles. The Hall–Kier alpha value is -1.70. The molecule has 1 unspecified atom stereocenters. The highest BCUT2D eigenvalue weighted by atomic mass is 19.2. The average Bonchev–Trinajstić information content (AvgIpc) is 3.25. The molecule has 0 radical (unpaired) electrons. The molecule has 0 aliphatic heterocycles. The zero-order chi connectivity index (χ0) is 27.0. The van der Waals surface area contributed by atoms with E-state index in [2.05, 4.69) is 30.7 Å². The van der Waals surface area contributed by atoms with E-state index < -0.39 is 17.7 Å². The van der Waals surface area contributed by atoms with Crippen LogP contribution in [0.2, 0.25) is 0 Å². The van der Waals surface area contributed by atoms with E-state index >= 15 is 0 Å². The first kappa shape index (κ1) is 26.5. The molecule has 208 valence electrons. The summed E-state index contributed by atoms with van der Waals surface area (Å²) in [6.45, 7) is 6.88. The Labute approximate surface area is 224 Å². The number of hydrogen-bond donors (Lipinski definition) is 3. The zero-order valence-corrected chi connectivity index (χ0v) is 22.8. The van der Waals surface area contributed by atoms with Gasteiger partial charge in [-0.05, 0) is 110 Å². The van der Waals surface area contributed by atoms with E-state index in [1.54, 1.807) is 0 Å². The molecule has 0 amide bonds. The number of hydrogen-bond acceptors (Lipinski definition) is 5. The predicted molar refractivity (Wildman–Crippen MR) is 141 cm³/mol. The second-order valence-corrected chi connectivity index (χ2v) is 13.6. The van der Waals surface area contributed by atoms with Crippen molar-refractivity contribution >= 4 is 10.9 Å². The Morgan fingerprint density at radius 3 is 2.61 bits per heavy atom. The van der Waals surface area contributed by atoms with Crippen molar-refractivity contribution in [2.45, 2.75) is 96.9 Å². The van der Waals surface area contributed by atoms with Gasteiger partial charge in [0.25, 0.3) is 0 Å². The van der Waals surface area contributed by atoms with Crippen molar-refractivity contribution in [3.05, 3.63) is 35.8 Å². The third-order valence-electron chi connectivity index (χ3n) is 12.0. The summed E-state index contributed by atoms with van der Waals surface area (Å²) < 4.78 is 27.6. The summed E-state index contributed by atoms with van der Waals surface area (Å²) >= 11 is 0. The zero-order valence-electron chi connectivity index (χ0n) is 22.8. The van der Waals surface area contributed by atoms with Crippen molar-refractivity contribution in [1.29, 1.82) is 0 Å². The lowest BCUT2D eigenvalue weighted by Crippen LogP contribution is -2.62. The topological polar surface area (TPSA) is 86.5 Å². The normalized spacial score (nSPS) is 43.4. The van der Waals surface area contributed by atoms with Gasteiger partial charge in [-0.1, -0.05) is 20.8 Å². The van der Waals surface area contributed by atoms with Crippen LogP contribution in [0.25, 0.3) is 10.9 Å². The van der Waals surface area contributed by atoms with E-state index in [1.165, 1.54) is 12.3 Å². The monoisotopic (exact) mass is 528 g/mol. The highest BCUT2D eigenvalue weighted by molar-refractivity contribution is 5.78. The minimum absolute atomic E-state index is 0.0744. The molecule has 2 aromatic rings. The van der Waals surface area contributed by atoms with E-state index in [0.29, 0.717) is 41.4 Å². The van der Waals surface area contributed by atoms with Crippen LogP contribution in [-0.4, -0.2) is 43.6 Å². The molecule has 38 heavy (non-hydrogen) atoms. The van der Waals surface area contributed by atoms with Crippen molar-refractivity contribution in [3.8, 4) is 0 Å². The highest BCUT2D eigenvalue weighted by Gasteiger charge is 2.65. The number of aromatic nitrogens is 2. The Morgan fingerprint density at radius 1 is 1.03 bits per heavy atom. The van der Waals surface area contributed by atoms with Gasteiger partial charge in [-0.25, -0.2) is 18.7 Å². The average molecular weight is 529 g/mol.